The molecule has 2 heterocycles. The summed E-state index contributed by atoms with van der Waals surface area (Å²) in [6.07, 6.45) is 0. The van der Waals surface area contributed by atoms with E-state index in [0.717, 1.165) is 28.3 Å². The Balaban J connectivity index is 2.23. The molecule has 108 valence electrons. The van der Waals surface area contributed by atoms with E-state index < -0.39 is 5.97 Å². The third-order valence-corrected chi connectivity index (χ3v) is 4.69. The first-order valence-corrected chi connectivity index (χ1v) is 7.20. The molecule has 0 amide bonds. The summed E-state index contributed by atoms with van der Waals surface area (Å²) in [4.78, 5) is 16.6. The number of aromatic carboxylic acids is 1. The number of hydrogen-bond acceptors (Lipinski definition) is 3. The Morgan fingerprint density at radius 1 is 1.29 bits per heavy atom. The van der Waals surface area contributed by atoms with Gasteiger partial charge in [-0.3, -0.25) is 4.40 Å². The van der Waals surface area contributed by atoms with E-state index in [-0.39, 0.29) is 5.82 Å². The largest absolute Gasteiger partial charge is 0.477 e. The molecule has 0 aliphatic heterocycles. The topological polar surface area (TPSA) is 54.6 Å². The number of carboxylic acid groups (broad SMARTS) is 1. The van der Waals surface area contributed by atoms with Crippen molar-refractivity contribution >= 4 is 22.3 Å². The summed E-state index contributed by atoms with van der Waals surface area (Å²) in [6, 6.07) is 4.87. The summed E-state index contributed by atoms with van der Waals surface area (Å²) in [5.74, 6) is -1.19. The minimum absolute atomic E-state index is 0.248. The van der Waals surface area contributed by atoms with Crippen LogP contribution < -0.4 is 0 Å². The average Bonchev–Trinajstić information content (AvgIpc) is 2.92. The highest BCUT2D eigenvalue weighted by Crippen LogP contribution is 2.31. The summed E-state index contributed by atoms with van der Waals surface area (Å²) in [5.41, 5.74) is 3.67. The molecule has 0 bridgehead atoms. The van der Waals surface area contributed by atoms with Gasteiger partial charge in [-0.1, -0.05) is 11.3 Å². The number of fused-ring (bicyclic) bond motifs is 1. The number of carboxylic acids is 1. The maximum atomic E-state index is 13.4. The van der Waals surface area contributed by atoms with Crippen molar-refractivity contribution in [2.45, 2.75) is 20.8 Å². The van der Waals surface area contributed by atoms with Gasteiger partial charge in [0.15, 0.2) is 4.96 Å². The van der Waals surface area contributed by atoms with Gasteiger partial charge in [-0.05, 0) is 44.5 Å². The van der Waals surface area contributed by atoms with Crippen molar-refractivity contribution in [2.24, 2.45) is 0 Å². The van der Waals surface area contributed by atoms with E-state index in [4.69, 9.17) is 5.11 Å². The van der Waals surface area contributed by atoms with E-state index in [9.17, 15) is 9.18 Å². The predicted octanol–water partition coefficient (Wildman–Crippen LogP) is 3.83. The van der Waals surface area contributed by atoms with Crippen molar-refractivity contribution in [3.63, 3.8) is 0 Å². The highest BCUT2D eigenvalue weighted by atomic mass is 32.1. The van der Waals surface area contributed by atoms with E-state index >= 15 is 0 Å². The Morgan fingerprint density at radius 3 is 2.57 bits per heavy atom. The molecule has 21 heavy (non-hydrogen) atoms. The zero-order valence-corrected chi connectivity index (χ0v) is 12.6. The number of halogens is 1. The maximum Gasteiger partial charge on any atom is 0.347 e. The number of carbonyl (C=O) groups is 1. The number of benzene rings is 1. The Bertz CT molecular complexity index is 880. The van der Waals surface area contributed by atoms with Crippen molar-refractivity contribution in [1.82, 2.24) is 9.38 Å². The molecule has 3 aromatic rings. The van der Waals surface area contributed by atoms with Gasteiger partial charge in [0, 0.05) is 17.0 Å². The second-order valence-electron chi connectivity index (χ2n) is 4.95. The van der Waals surface area contributed by atoms with E-state index in [1.807, 2.05) is 11.3 Å². The minimum Gasteiger partial charge on any atom is -0.477 e. The molecule has 0 aliphatic rings. The molecular weight excluding hydrogens is 291 g/mol. The van der Waals surface area contributed by atoms with Gasteiger partial charge in [-0.2, -0.15) is 0 Å². The van der Waals surface area contributed by atoms with E-state index in [1.54, 1.807) is 26.0 Å². The number of aryl methyl sites for hydroxylation is 3. The first-order chi connectivity index (χ1) is 9.90. The first-order valence-electron chi connectivity index (χ1n) is 6.38. The number of aromatic nitrogens is 2. The predicted molar refractivity (Wildman–Crippen MR) is 79.6 cm³/mol. The summed E-state index contributed by atoms with van der Waals surface area (Å²) < 4.78 is 15.2. The van der Waals surface area contributed by atoms with Gasteiger partial charge >= 0.3 is 5.97 Å². The number of nitrogens with zero attached hydrogens (tertiary/aromatic N) is 2. The van der Waals surface area contributed by atoms with Gasteiger partial charge in [0.05, 0.1) is 5.69 Å². The molecule has 2 aromatic heterocycles. The molecular formula is C15H13FN2O2S. The standard InChI is InChI=1S/C15H13FN2O2S/c1-7-6-10(4-5-11(7)16)12-8(2)18-9(3)13(14(19)20)21-15(18)17-12/h4-6H,1-3H3,(H,19,20). The second-order valence-corrected chi connectivity index (χ2v) is 5.93. The highest BCUT2D eigenvalue weighted by Gasteiger charge is 2.20. The number of hydrogen-bond donors (Lipinski definition) is 1. The van der Waals surface area contributed by atoms with Crippen LogP contribution in [0.3, 0.4) is 0 Å². The molecule has 0 radical (unpaired) electrons. The van der Waals surface area contributed by atoms with Crippen LogP contribution in [-0.2, 0) is 0 Å². The van der Waals surface area contributed by atoms with Gasteiger partial charge in [-0.25, -0.2) is 14.2 Å². The number of imidazole rings is 1. The Labute approximate surface area is 124 Å². The summed E-state index contributed by atoms with van der Waals surface area (Å²) in [6.45, 7) is 5.36. The lowest BCUT2D eigenvalue weighted by atomic mass is 10.1. The average molecular weight is 304 g/mol. The van der Waals surface area contributed by atoms with Crippen LogP contribution >= 0.6 is 11.3 Å². The van der Waals surface area contributed by atoms with E-state index in [0.29, 0.717) is 21.1 Å². The molecule has 0 atom stereocenters. The molecule has 1 N–H and O–H groups in total. The van der Waals surface area contributed by atoms with Crippen LogP contribution in [-0.4, -0.2) is 20.5 Å². The van der Waals surface area contributed by atoms with Gasteiger partial charge < -0.3 is 5.11 Å². The number of thiazole rings is 1. The lowest BCUT2D eigenvalue weighted by Gasteiger charge is -2.03. The van der Waals surface area contributed by atoms with Crippen LogP contribution in [0.4, 0.5) is 4.39 Å². The van der Waals surface area contributed by atoms with Crippen molar-refractivity contribution in [1.29, 1.82) is 0 Å². The van der Waals surface area contributed by atoms with Crippen LogP contribution in [0.1, 0.15) is 26.6 Å². The molecule has 1 aromatic carbocycles. The molecule has 0 aliphatic carbocycles. The van der Waals surface area contributed by atoms with Gasteiger partial charge in [-0.15, -0.1) is 0 Å². The molecule has 0 fully saturated rings. The Hall–Kier alpha value is -2.21. The van der Waals surface area contributed by atoms with Crippen LogP contribution in [0.25, 0.3) is 16.2 Å². The van der Waals surface area contributed by atoms with Crippen LogP contribution in [0.5, 0.6) is 0 Å². The van der Waals surface area contributed by atoms with Gasteiger partial charge in [0.1, 0.15) is 10.7 Å². The fourth-order valence-electron chi connectivity index (χ4n) is 2.47. The highest BCUT2D eigenvalue weighted by molar-refractivity contribution is 7.19. The molecule has 0 saturated carbocycles. The van der Waals surface area contributed by atoms with Gasteiger partial charge in [0.2, 0.25) is 0 Å². The van der Waals surface area contributed by atoms with Crippen LogP contribution in [0.15, 0.2) is 18.2 Å². The van der Waals surface area contributed by atoms with E-state index in [2.05, 4.69) is 4.98 Å². The van der Waals surface area contributed by atoms with Crippen molar-refractivity contribution in [3.05, 3.63) is 45.8 Å². The molecule has 6 heteroatoms. The Kier molecular flexibility index (Phi) is 3.06. The summed E-state index contributed by atoms with van der Waals surface area (Å²) >= 11 is 1.15. The fraction of sp³-hybridized carbons (Fsp3) is 0.200. The summed E-state index contributed by atoms with van der Waals surface area (Å²) in [7, 11) is 0. The first kappa shape index (κ1) is 13.8. The SMILES string of the molecule is Cc1cc(-c2nc3sc(C(=O)O)c(C)n3c2C)ccc1F. The number of rotatable bonds is 2. The molecule has 3 rings (SSSR count). The van der Waals surface area contributed by atoms with Crippen molar-refractivity contribution in [3.8, 4) is 11.3 Å². The fourth-order valence-corrected chi connectivity index (χ4v) is 3.48. The maximum absolute atomic E-state index is 13.4. The van der Waals surface area contributed by atoms with Gasteiger partial charge in [0.25, 0.3) is 0 Å². The van der Waals surface area contributed by atoms with E-state index in [1.165, 1.54) is 6.07 Å². The zero-order valence-electron chi connectivity index (χ0n) is 11.8. The summed E-state index contributed by atoms with van der Waals surface area (Å²) in [5, 5.41) is 9.16. The third kappa shape index (κ3) is 2.03. The van der Waals surface area contributed by atoms with Crippen LogP contribution in [0.2, 0.25) is 0 Å². The lowest BCUT2D eigenvalue weighted by Crippen LogP contribution is -1.98. The molecule has 0 spiro atoms. The van der Waals surface area contributed by atoms with Crippen LogP contribution in [0, 0.1) is 26.6 Å². The molecule has 0 saturated heterocycles. The van der Waals surface area contributed by atoms with Crippen molar-refractivity contribution in [2.75, 3.05) is 0 Å². The molecule has 0 unspecified atom stereocenters. The second kappa shape index (κ2) is 4.66. The monoisotopic (exact) mass is 304 g/mol. The Morgan fingerprint density at radius 2 is 2.00 bits per heavy atom. The lowest BCUT2D eigenvalue weighted by molar-refractivity contribution is 0.0701. The zero-order chi connectivity index (χ0) is 15.3. The minimum atomic E-state index is -0.943. The normalized spacial score (nSPS) is 11.2. The third-order valence-electron chi connectivity index (χ3n) is 3.56. The van der Waals surface area contributed by atoms with Crippen molar-refractivity contribution < 1.29 is 14.3 Å². The quantitative estimate of drug-likeness (QED) is 0.783. The smallest absolute Gasteiger partial charge is 0.347 e. The molecule has 4 nitrogen and oxygen atoms in total.